The van der Waals surface area contributed by atoms with E-state index in [0.29, 0.717) is 13.1 Å². The lowest BCUT2D eigenvalue weighted by molar-refractivity contribution is -0.143. The second-order valence-corrected chi connectivity index (χ2v) is 6.69. The van der Waals surface area contributed by atoms with Gasteiger partial charge in [0.2, 0.25) is 0 Å². The number of carboxylic acids is 4. The van der Waals surface area contributed by atoms with Gasteiger partial charge in [0.15, 0.2) is 0 Å². The lowest BCUT2D eigenvalue weighted by atomic mass is 10.2. The summed E-state index contributed by atoms with van der Waals surface area (Å²) in [6.45, 7) is 3.83. The van der Waals surface area contributed by atoms with E-state index in [2.05, 4.69) is 0 Å². The number of rotatable bonds is 16. The van der Waals surface area contributed by atoms with Crippen LogP contribution in [0.2, 0.25) is 0 Å². The molecule has 0 heterocycles. The molecular formula is C16H29N3O8. The van der Waals surface area contributed by atoms with Crippen molar-refractivity contribution in [2.24, 2.45) is 5.92 Å². The van der Waals surface area contributed by atoms with Gasteiger partial charge in [-0.05, 0) is 5.92 Å². The quantitative estimate of drug-likeness (QED) is 0.252. The zero-order chi connectivity index (χ0) is 21.0. The highest BCUT2D eigenvalue weighted by Gasteiger charge is 2.18. The third kappa shape index (κ3) is 14.6. The summed E-state index contributed by atoms with van der Waals surface area (Å²) >= 11 is 0. The normalized spacial score (nSPS) is 11.5. The molecule has 0 saturated carbocycles. The van der Waals surface area contributed by atoms with E-state index in [-0.39, 0.29) is 38.6 Å². The standard InChI is InChI=1S/C16H29N3O8/c1-12(2)7-18(9-14(22)23)5-3-17(8-13(20)21)4-6-19(10-15(24)25)11-16(26)27/h12H,3-11H2,1-2H3,(H,20,21)(H,22,23)(H,24,25)(H,26,27). The molecule has 0 atom stereocenters. The van der Waals surface area contributed by atoms with E-state index in [1.165, 1.54) is 9.80 Å². The molecule has 0 radical (unpaired) electrons. The minimum absolute atomic E-state index is 0.0645. The van der Waals surface area contributed by atoms with Gasteiger partial charge in [-0.3, -0.25) is 33.9 Å². The van der Waals surface area contributed by atoms with Gasteiger partial charge < -0.3 is 20.4 Å². The largest absolute Gasteiger partial charge is 0.480 e. The first-order chi connectivity index (χ1) is 12.5. The van der Waals surface area contributed by atoms with Crippen molar-refractivity contribution in [3.8, 4) is 0 Å². The van der Waals surface area contributed by atoms with Gasteiger partial charge in [0, 0.05) is 32.7 Å². The van der Waals surface area contributed by atoms with Crippen LogP contribution in [0.5, 0.6) is 0 Å². The molecule has 0 aliphatic rings. The molecule has 0 rings (SSSR count). The lowest BCUT2D eigenvalue weighted by Crippen LogP contribution is -2.45. The van der Waals surface area contributed by atoms with Crippen molar-refractivity contribution >= 4 is 23.9 Å². The van der Waals surface area contributed by atoms with E-state index in [0.717, 1.165) is 0 Å². The van der Waals surface area contributed by atoms with Crippen LogP contribution in [0.1, 0.15) is 13.8 Å². The second kappa shape index (κ2) is 13.0. The van der Waals surface area contributed by atoms with E-state index in [9.17, 15) is 19.2 Å². The Morgan fingerprint density at radius 1 is 0.593 bits per heavy atom. The zero-order valence-electron chi connectivity index (χ0n) is 15.7. The number of aliphatic carboxylic acids is 4. The molecule has 11 heteroatoms. The highest BCUT2D eigenvalue weighted by atomic mass is 16.4. The predicted octanol–water partition coefficient (Wildman–Crippen LogP) is -1.11. The molecule has 0 aromatic heterocycles. The number of nitrogens with zero attached hydrogens (tertiary/aromatic N) is 3. The molecule has 0 bridgehead atoms. The first-order valence-corrected chi connectivity index (χ1v) is 8.53. The summed E-state index contributed by atoms with van der Waals surface area (Å²) < 4.78 is 0. The molecule has 0 aliphatic heterocycles. The van der Waals surface area contributed by atoms with E-state index in [4.69, 9.17) is 20.4 Å². The van der Waals surface area contributed by atoms with Crippen LogP contribution in [-0.4, -0.2) is 118 Å². The molecule has 0 amide bonds. The number of carbonyl (C=O) groups is 4. The highest BCUT2D eigenvalue weighted by Crippen LogP contribution is 2.01. The number of carboxylic acid groups (broad SMARTS) is 4. The van der Waals surface area contributed by atoms with E-state index < -0.39 is 37.0 Å². The van der Waals surface area contributed by atoms with Crippen LogP contribution >= 0.6 is 0 Å². The van der Waals surface area contributed by atoms with Crippen molar-refractivity contribution in [2.75, 3.05) is 58.9 Å². The van der Waals surface area contributed by atoms with Gasteiger partial charge in [-0.25, -0.2) is 0 Å². The number of hydrogen-bond donors (Lipinski definition) is 4. The molecule has 0 aromatic rings. The van der Waals surface area contributed by atoms with Crippen LogP contribution in [0.25, 0.3) is 0 Å². The van der Waals surface area contributed by atoms with Crippen LogP contribution in [0.15, 0.2) is 0 Å². The van der Waals surface area contributed by atoms with Gasteiger partial charge in [-0.15, -0.1) is 0 Å². The van der Waals surface area contributed by atoms with Crippen molar-refractivity contribution in [2.45, 2.75) is 13.8 Å². The summed E-state index contributed by atoms with van der Waals surface area (Å²) in [4.78, 5) is 48.1. The Morgan fingerprint density at radius 3 is 1.26 bits per heavy atom. The Labute approximate surface area is 157 Å². The molecule has 0 aromatic carbocycles. The lowest BCUT2D eigenvalue weighted by Gasteiger charge is -2.28. The average molecular weight is 391 g/mol. The maximum Gasteiger partial charge on any atom is 0.317 e. The van der Waals surface area contributed by atoms with Gasteiger partial charge in [-0.2, -0.15) is 0 Å². The predicted molar refractivity (Wildman–Crippen MR) is 94.7 cm³/mol. The van der Waals surface area contributed by atoms with Crippen LogP contribution in [0.4, 0.5) is 0 Å². The van der Waals surface area contributed by atoms with Gasteiger partial charge in [0.05, 0.1) is 26.2 Å². The summed E-state index contributed by atoms with van der Waals surface area (Å²) in [6.07, 6.45) is 0. The first-order valence-electron chi connectivity index (χ1n) is 8.53. The zero-order valence-corrected chi connectivity index (χ0v) is 15.7. The molecule has 156 valence electrons. The fourth-order valence-electron chi connectivity index (χ4n) is 2.57. The molecule has 27 heavy (non-hydrogen) atoms. The molecule has 4 N–H and O–H groups in total. The van der Waals surface area contributed by atoms with Crippen LogP contribution in [0.3, 0.4) is 0 Å². The van der Waals surface area contributed by atoms with E-state index in [1.54, 1.807) is 4.90 Å². The summed E-state index contributed by atoms with van der Waals surface area (Å²) in [5.74, 6) is -4.17. The first kappa shape index (κ1) is 24.8. The van der Waals surface area contributed by atoms with Crippen molar-refractivity contribution in [3.05, 3.63) is 0 Å². The van der Waals surface area contributed by atoms with Gasteiger partial charge >= 0.3 is 23.9 Å². The Bertz CT molecular complexity index is 496. The molecule has 0 spiro atoms. The van der Waals surface area contributed by atoms with Gasteiger partial charge in [0.25, 0.3) is 0 Å². The van der Waals surface area contributed by atoms with Gasteiger partial charge in [-0.1, -0.05) is 13.8 Å². The Hall–Kier alpha value is -2.24. The SMILES string of the molecule is CC(C)CN(CCN(CCN(CC(=O)O)CC(=O)O)CC(=O)O)CC(=O)O. The van der Waals surface area contributed by atoms with Crippen LogP contribution in [-0.2, 0) is 19.2 Å². The fourth-order valence-corrected chi connectivity index (χ4v) is 2.57. The topological polar surface area (TPSA) is 159 Å². The van der Waals surface area contributed by atoms with Crippen molar-refractivity contribution in [3.63, 3.8) is 0 Å². The Morgan fingerprint density at radius 2 is 0.889 bits per heavy atom. The smallest absolute Gasteiger partial charge is 0.317 e. The molecule has 0 fully saturated rings. The average Bonchev–Trinajstić information content (AvgIpc) is 2.46. The second-order valence-electron chi connectivity index (χ2n) is 6.69. The van der Waals surface area contributed by atoms with E-state index in [1.807, 2.05) is 13.8 Å². The van der Waals surface area contributed by atoms with Crippen molar-refractivity contribution < 1.29 is 39.6 Å². The Balaban J connectivity index is 4.82. The monoisotopic (exact) mass is 391 g/mol. The summed E-state index contributed by atoms with van der Waals surface area (Å²) in [5, 5.41) is 35.7. The van der Waals surface area contributed by atoms with Crippen LogP contribution in [0, 0.1) is 5.92 Å². The summed E-state index contributed by atoms with van der Waals surface area (Å²) in [5.41, 5.74) is 0. The maximum atomic E-state index is 11.1. The van der Waals surface area contributed by atoms with Gasteiger partial charge in [0.1, 0.15) is 0 Å². The molecule has 0 unspecified atom stereocenters. The van der Waals surface area contributed by atoms with E-state index >= 15 is 0 Å². The highest BCUT2D eigenvalue weighted by molar-refractivity contribution is 5.72. The molecular weight excluding hydrogens is 362 g/mol. The maximum absolute atomic E-state index is 11.1. The Kier molecular flexibility index (Phi) is 11.9. The fraction of sp³-hybridized carbons (Fsp3) is 0.750. The molecule has 0 saturated heterocycles. The van der Waals surface area contributed by atoms with Crippen LogP contribution < -0.4 is 0 Å². The summed E-state index contributed by atoms with van der Waals surface area (Å²) in [6, 6.07) is 0. The minimum atomic E-state index is -1.18. The van der Waals surface area contributed by atoms with Crippen molar-refractivity contribution in [1.29, 1.82) is 0 Å². The molecule has 11 nitrogen and oxygen atoms in total. The summed E-state index contributed by atoms with van der Waals surface area (Å²) in [7, 11) is 0. The minimum Gasteiger partial charge on any atom is -0.480 e. The number of hydrogen-bond acceptors (Lipinski definition) is 7. The third-order valence-corrected chi connectivity index (χ3v) is 3.52. The van der Waals surface area contributed by atoms with Crippen molar-refractivity contribution in [1.82, 2.24) is 14.7 Å². The molecule has 0 aliphatic carbocycles. The third-order valence-electron chi connectivity index (χ3n) is 3.52.